The number of phenolic OH excluding ortho intramolecular Hbond substituents is 1. The second-order valence-electron chi connectivity index (χ2n) is 6.54. The van der Waals surface area contributed by atoms with Crippen LogP contribution in [0.25, 0.3) is 0 Å². The van der Waals surface area contributed by atoms with E-state index in [4.69, 9.17) is 0 Å². The van der Waals surface area contributed by atoms with E-state index in [2.05, 4.69) is 12.2 Å². The Kier molecular flexibility index (Phi) is 3.68. The van der Waals surface area contributed by atoms with Crippen LogP contribution in [0.3, 0.4) is 0 Å². The summed E-state index contributed by atoms with van der Waals surface area (Å²) in [5.74, 6) is 2.69. The molecule has 3 heteroatoms. The highest BCUT2D eigenvalue weighted by atomic mass is 16.3. The number of hydrogen-bond donors (Lipinski definition) is 2. The number of benzene rings is 1. The fraction of sp³-hybridized carbons (Fsp3) is 0.588. The molecular weight excluding hydrogens is 250 g/mol. The number of phenols is 1. The van der Waals surface area contributed by atoms with Crippen molar-refractivity contribution in [2.45, 2.75) is 45.1 Å². The van der Waals surface area contributed by atoms with Crippen molar-refractivity contribution in [3.63, 3.8) is 0 Å². The van der Waals surface area contributed by atoms with Gasteiger partial charge in [-0.15, -0.1) is 0 Å². The zero-order chi connectivity index (χ0) is 14.1. The fourth-order valence-electron chi connectivity index (χ4n) is 4.17. The molecule has 108 valence electrons. The van der Waals surface area contributed by atoms with E-state index < -0.39 is 0 Å². The number of amides is 1. The summed E-state index contributed by atoms with van der Waals surface area (Å²) in [6.45, 7) is 2.14. The summed E-state index contributed by atoms with van der Waals surface area (Å²) in [4.78, 5) is 12.1. The first-order chi connectivity index (χ1) is 9.61. The zero-order valence-electron chi connectivity index (χ0n) is 12.0. The minimum Gasteiger partial charge on any atom is -0.508 e. The highest BCUT2D eigenvalue weighted by Gasteiger charge is 2.42. The number of fused-ring (bicyclic) bond motifs is 2. The van der Waals surface area contributed by atoms with Gasteiger partial charge in [0.25, 0.3) is 0 Å². The first-order valence-electron chi connectivity index (χ1n) is 7.69. The van der Waals surface area contributed by atoms with E-state index in [1.54, 1.807) is 18.2 Å². The summed E-state index contributed by atoms with van der Waals surface area (Å²) < 4.78 is 0. The van der Waals surface area contributed by atoms with Crippen molar-refractivity contribution in [1.82, 2.24) is 5.32 Å². The Labute approximate surface area is 120 Å². The molecule has 3 nitrogen and oxygen atoms in total. The van der Waals surface area contributed by atoms with E-state index in [0.29, 0.717) is 12.3 Å². The maximum Gasteiger partial charge on any atom is 0.224 e. The summed E-state index contributed by atoms with van der Waals surface area (Å²) >= 11 is 0. The second kappa shape index (κ2) is 5.47. The van der Waals surface area contributed by atoms with Crippen LogP contribution in [0.2, 0.25) is 0 Å². The number of rotatable bonds is 4. The Morgan fingerprint density at radius 2 is 2.25 bits per heavy atom. The average Bonchev–Trinajstić information content (AvgIpc) is 3.00. The molecule has 4 atom stereocenters. The molecule has 20 heavy (non-hydrogen) atoms. The van der Waals surface area contributed by atoms with Gasteiger partial charge in [0.2, 0.25) is 5.91 Å². The first kappa shape index (κ1) is 13.5. The van der Waals surface area contributed by atoms with Crippen LogP contribution in [-0.2, 0) is 11.2 Å². The van der Waals surface area contributed by atoms with E-state index >= 15 is 0 Å². The van der Waals surface area contributed by atoms with Gasteiger partial charge in [0, 0.05) is 6.04 Å². The smallest absolute Gasteiger partial charge is 0.224 e. The third kappa shape index (κ3) is 2.82. The number of aromatic hydroxyl groups is 1. The van der Waals surface area contributed by atoms with Gasteiger partial charge in [-0.3, -0.25) is 4.79 Å². The molecule has 3 rings (SSSR count). The highest BCUT2D eigenvalue weighted by Crippen LogP contribution is 2.49. The molecule has 1 amide bonds. The van der Waals surface area contributed by atoms with Crippen molar-refractivity contribution in [3.05, 3.63) is 29.8 Å². The molecule has 0 saturated heterocycles. The first-order valence-corrected chi connectivity index (χ1v) is 7.69. The molecule has 0 aromatic heterocycles. The minimum atomic E-state index is 0.0610. The standard InChI is InChI=1S/C17H23NO2/c1-11(16-9-13-5-6-14(16)7-13)18-17(20)10-12-3-2-4-15(19)8-12/h2-4,8,11,13-14,16,19H,5-7,9-10H2,1H3,(H,18,20). The molecule has 1 aromatic rings. The second-order valence-corrected chi connectivity index (χ2v) is 6.54. The van der Waals surface area contributed by atoms with Crippen molar-refractivity contribution in [2.24, 2.45) is 17.8 Å². The van der Waals surface area contributed by atoms with Gasteiger partial charge in [0.1, 0.15) is 5.75 Å². The van der Waals surface area contributed by atoms with Crippen LogP contribution in [0.1, 0.15) is 38.2 Å². The van der Waals surface area contributed by atoms with Crippen LogP contribution < -0.4 is 5.32 Å². The molecule has 0 heterocycles. The molecule has 4 unspecified atom stereocenters. The van der Waals surface area contributed by atoms with Gasteiger partial charge in [-0.1, -0.05) is 18.6 Å². The highest BCUT2D eigenvalue weighted by molar-refractivity contribution is 5.79. The molecule has 2 fully saturated rings. The monoisotopic (exact) mass is 273 g/mol. The lowest BCUT2D eigenvalue weighted by atomic mass is 9.84. The molecular formula is C17H23NO2. The van der Waals surface area contributed by atoms with Crippen LogP contribution in [0.15, 0.2) is 24.3 Å². The molecule has 0 aliphatic heterocycles. The van der Waals surface area contributed by atoms with Gasteiger partial charge >= 0.3 is 0 Å². The van der Waals surface area contributed by atoms with Crippen LogP contribution in [-0.4, -0.2) is 17.1 Å². The molecule has 2 bridgehead atoms. The summed E-state index contributed by atoms with van der Waals surface area (Å²) in [5, 5.41) is 12.6. The summed E-state index contributed by atoms with van der Waals surface area (Å²) in [7, 11) is 0. The van der Waals surface area contributed by atoms with Crippen LogP contribution in [0, 0.1) is 17.8 Å². The van der Waals surface area contributed by atoms with E-state index in [0.717, 1.165) is 17.4 Å². The maximum absolute atomic E-state index is 12.1. The van der Waals surface area contributed by atoms with Gasteiger partial charge in [-0.05, 0) is 61.6 Å². The van der Waals surface area contributed by atoms with Gasteiger partial charge in [-0.25, -0.2) is 0 Å². The van der Waals surface area contributed by atoms with Crippen molar-refractivity contribution in [1.29, 1.82) is 0 Å². The van der Waals surface area contributed by atoms with E-state index in [1.165, 1.54) is 25.7 Å². The van der Waals surface area contributed by atoms with Gasteiger partial charge in [-0.2, -0.15) is 0 Å². The van der Waals surface area contributed by atoms with E-state index in [-0.39, 0.29) is 17.7 Å². The summed E-state index contributed by atoms with van der Waals surface area (Å²) in [6, 6.07) is 7.20. The van der Waals surface area contributed by atoms with Gasteiger partial charge in [0.15, 0.2) is 0 Å². The largest absolute Gasteiger partial charge is 0.508 e. The Morgan fingerprint density at radius 3 is 2.90 bits per heavy atom. The fourth-order valence-corrected chi connectivity index (χ4v) is 4.17. The normalized spacial score (nSPS) is 29.4. The van der Waals surface area contributed by atoms with Gasteiger partial charge in [0.05, 0.1) is 6.42 Å². The Morgan fingerprint density at radius 1 is 1.40 bits per heavy atom. The predicted octanol–water partition coefficient (Wildman–Crippen LogP) is 2.88. The van der Waals surface area contributed by atoms with E-state index in [9.17, 15) is 9.90 Å². The molecule has 2 N–H and O–H groups in total. The number of carbonyl (C=O) groups is 1. The maximum atomic E-state index is 12.1. The minimum absolute atomic E-state index is 0.0610. The Bertz CT molecular complexity index is 500. The molecule has 1 aromatic carbocycles. The van der Waals surface area contributed by atoms with Crippen LogP contribution in [0.5, 0.6) is 5.75 Å². The van der Waals surface area contributed by atoms with Crippen molar-refractivity contribution in [2.75, 3.05) is 0 Å². The Hall–Kier alpha value is -1.51. The lowest BCUT2D eigenvalue weighted by Gasteiger charge is -2.28. The number of nitrogens with one attached hydrogen (secondary N) is 1. The van der Waals surface area contributed by atoms with Crippen molar-refractivity contribution < 1.29 is 9.90 Å². The quantitative estimate of drug-likeness (QED) is 0.886. The SMILES string of the molecule is CC(NC(=O)Cc1cccc(O)c1)C1CC2CCC1C2. The third-order valence-corrected chi connectivity index (χ3v) is 5.10. The lowest BCUT2D eigenvalue weighted by molar-refractivity contribution is -0.121. The molecule has 2 aliphatic rings. The average molecular weight is 273 g/mol. The van der Waals surface area contributed by atoms with Crippen molar-refractivity contribution >= 4 is 5.91 Å². The molecule has 0 radical (unpaired) electrons. The number of carbonyl (C=O) groups excluding carboxylic acids is 1. The third-order valence-electron chi connectivity index (χ3n) is 5.10. The zero-order valence-corrected chi connectivity index (χ0v) is 12.0. The molecule has 2 saturated carbocycles. The summed E-state index contributed by atoms with van der Waals surface area (Å²) in [6.07, 6.45) is 5.75. The van der Waals surface area contributed by atoms with Crippen molar-refractivity contribution in [3.8, 4) is 5.75 Å². The molecule has 2 aliphatic carbocycles. The topological polar surface area (TPSA) is 49.3 Å². The molecule has 0 spiro atoms. The summed E-state index contributed by atoms with van der Waals surface area (Å²) in [5.41, 5.74) is 0.864. The lowest BCUT2D eigenvalue weighted by Crippen LogP contribution is -2.40. The van der Waals surface area contributed by atoms with Crippen LogP contribution in [0.4, 0.5) is 0 Å². The van der Waals surface area contributed by atoms with Gasteiger partial charge < -0.3 is 10.4 Å². The van der Waals surface area contributed by atoms with E-state index in [1.807, 2.05) is 6.07 Å². The predicted molar refractivity (Wildman–Crippen MR) is 78.4 cm³/mol. The Balaban J connectivity index is 1.53. The number of hydrogen-bond acceptors (Lipinski definition) is 2. The van der Waals surface area contributed by atoms with Crippen LogP contribution >= 0.6 is 0 Å².